The zero-order valence-electron chi connectivity index (χ0n) is 11.1. The molecule has 0 fully saturated rings. The van der Waals surface area contributed by atoms with Gasteiger partial charge < -0.3 is 9.84 Å². The first-order chi connectivity index (χ1) is 9.50. The lowest BCUT2D eigenvalue weighted by molar-refractivity contribution is -0.385. The highest BCUT2D eigenvalue weighted by Gasteiger charge is 2.17. The maximum absolute atomic E-state index is 10.9. The van der Waals surface area contributed by atoms with Crippen LogP contribution in [0.5, 0.6) is 11.6 Å². The molecule has 0 amide bonds. The van der Waals surface area contributed by atoms with Gasteiger partial charge in [-0.1, -0.05) is 6.07 Å². The Kier molecular flexibility index (Phi) is 3.95. The van der Waals surface area contributed by atoms with Crippen LogP contribution in [0.4, 0.5) is 5.69 Å². The van der Waals surface area contributed by atoms with Crippen molar-refractivity contribution in [2.75, 3.05) is 0 Å². The third kappa shape index (κ3) is 2.75. The van der Waals surface area contributed by atoms with Gasteiger partial charge >= 0.3 is 0 Å². The first-order valence-electron chi connectivity index (χ1n) is 6.05. The summed E-state index contributed by atoms with van der Waals surface area (Å²) in [4.78, 5) is 14.5. The minimum Gasteiger partial charge on any atom is -0.438 e. The Morgan fingerprint density at radius 3 is 2.75 bits per heavy atom. The molecule has 0 radical (unpaired) electrons. The summed E-state index contributed by atoms with van der Waals surface area (Å²) in [6, 6.07) is 7.97. The fraction of sp³-hybridized carbons (Fsp3) is 0.214. The normalized spacial score (nSPS) is 11.9. The van der Waals surface area contributed by atoms with Gasteiger partial charge in [0.25, 0.3) is 5.69 Å². The lowest BCUT2D eigenvalue weighted by atomic mass is 10.1. The summed E-state index contributed by atoms with van der Waals surface area (Å²) < 4.78 is 5.62. The van der Waals surface area contributed by atoms with E-state index in [2.05, 4.69) is 4.98 Å². The molecule has 1 aromatic heterocycles. The molecule has 1 unspecified atom stereocenters. The van der Waals surface area contributed by atoms with Crippen molar-refractivity contribution < 1.29 is 14.8 Å². The number of hydrogen-bond acceptors (Lipinski definition) is 5. The number of nitro benzene ring substituents is 1. The largest absolute Gasteiger partial charge is 0.438 e. The van der Waals surface area contributed by atoms with Crippen molar-refractivity contribution >= 4 is 5.69 Å². The molecular formula is C14H14N2O4. The van der Waals surface area contributed by atoms with Crippen molar-refractivity contribution in [3.63, 3.8) is 0 Å². The van der Waals surface area contributed by atoms with Gasteiger partial charge in [0.05, 0.1) is 16.6 Å². The summed E-state index contributed by atoms with van der Waals surface area (Å²) in [6.45, 7) is 3.21. The topological polar surface area (TPSA) is 85.5 Å². The van der Waals surface area contributed by atoms with E-state index in [1.165, 1.54) is 12.3 Å². The molecule has 104 valence electrons. The number of rotatable bonds is 4. The quantitative estimate of drug-likeness (QED) is 0.683. The first-order valence-corrected chi connectivity index (χ1v) is 6.05. The summed E-state index contributed by atoms with van der Waals surface area (Å²) >= 11 is 0. The summed E-state index contributed by atoms with van der Waals surface area (Å²) in [6.07, 6.45) is 0.797. The summed E-state index contributed by atoms with van der Waals surface area (Å²) in [5.74, 6) is 0.589. The van der Waals surface area contributed by atoms with E-state index in [4.69, 9.17) is 4.74 Å². The Morgan fingerprint density at radius 1 is 1.35 bits per heavy atom. The molecule has 6 heteroatoms. The standard InChI is InChI=1S/C14H14N2O4/c1-9-12(16(18)19)6-3-7-13(9)20-14-11(10(2)17)5-4-8-15-14/h3-8,10,17H,1-2H3. The van der Waals surface area contributed by atoms with Gasteiger partial charge in [-0.3, -0.25) is 10.1 Å². The summed E-state index contributed by atoms with van der Waals surface area (Å²) in [5, 5.41) is 20.6. The zero-order valence-corrected chi connectivity index (χ0v) is 11.1. The predicted octanol–water partition coefficient (Wildman–Crippen LogP) is 3.14. The van der Waals surface area contributed by atoms with Crippen molar-refractivity contribution in [1.29, 1.82) is 0 Å². The van der Waals surface area contributed by atoms with Crippen LogP contribution in [0.3, 0.4) is 0 Å². The van der Waals surface area contributed by atoms with Crippen LogP contribution in [-0.2, 0) is 0 Å². The molecule has 1 aromatic carbocycles. The predicted molar refractivity (Wildman–Crippen MR) is 72.8 cm³/mol. The van der Waals surface area contributed by atoms with Gasteiger partial charge in [0.2, 0.25) is 5.88 Å². The molecule has 1 heterocycles. The van der Waals surface area contributed by atoms with E-state index in [1.807, 2.05) is 0 Å². The monoisotopic (exact) mass is 274 g/mol. The van der Waals surface area contributed by atoms with E-state index in [1.54, 1.807) is 38.1 Å². The average molecular weight is 274 g/mol. The van der Waals surface area contributed by atoms with Crippen LogP contribution in [0.1, 0.15) is 24.2 Å². The van der Waals surface area contributed by atoms with Crippen LogP contribution in [-0.4, -0.2) is 15.0 Å². The molecule has 0 aliphatic heterocycles. The number of aliphatic hydroxyl groups excluding tert-OH is 1. The molecule has 2 aromatic rings. The van der Waals surface area contributed by atoms with Gasteiger partial charge in [-0.05, 0) is 32.0 Å². The van der Waals surface area contributed by atoms with Crippen molar-refractivity contribution in [3.05, 3.63) is 57.8 Å². The number of hydrogen-bond donors (Lipinski definition) is 1. The number of nitrogens with zero attached hydrogens (tertiary/aromatic N) is 2. The minimum atomic E-state index is -0.738. The van der Waals surface area contributed by atoms with Crippen molar-refractivity contribution in [2.45, 2.75) is 20.0 Å². The highest BCUT2D eigenvalue weighted by Crippen LogP contribution is 2.32. The SMILES string of the molecule is Cc1c(Oc2ncccc2C(C)O)cccc1[N+](=O)[O-]. The van der Waals surface area contributed by atoms with Gasteiger partial charge in [0.15, 0.2) is 0 Å². The van der Waals surface area contributed by atoms with Gasteiger partial charge in [-0.2, -0.15) is 0 Å². The lowest BCUT2D eigenvalue weighted by Gasteiger charge is -2.13. The Bertz CT molecular complexity index is 641. The minimum absolute atomic E-state index is 0.0166. The van der Waals surface area contributed by atoms with Crippen LogP contribution in [0.25, 0.3) is 0 Å². The molecule has 0 saturated heterocycles. The number of aromatic nitrogens is 1. The Balaban J connectivity index is 2.41. The summed E-state index contributed by atoms with van der Waals surface area (Å²) in [7, 11) is 0. The van der Waals surface area contributed by atoms with Crippen LogP contribution in [0.2, 0.25) is 0 Å². The Labute approximate surface area is 115 Å². The molecule has 1 N–H and O–H groups in total. The molecule has 0 saturated carbocycles. The zero-order chi connectivity index (χ0) is 14.7. The van der Waals surface area contributed by atoms with Crippen molar-refractivity contribution in [3.8, 4) is 11.6 Å². The van der Waals surface area contributed by atoms with Crippen LogP contribution in [0.15, 0.2) is 36.5 Å². The lowest BCUT2D eigenvalue weighted by Crippen LogP contribution is -2.00. The van der Waals surface area contributed by atoms with Gasteiger partial charge in [0, 0.05) is 17.8 Å². The third-order valence-electron chi connectivity index (χ3n) is 2.91. The maximum Gasteiger partial charge on any atom is 0.276 e. The van der Waals surface area contributed by atoms with Crippen LogP contribution < -0.4 is 4.74 Å². The molecule has 0 spiro atoms. The van der Waals surface area contributed by atoms with E-state index in [9.17, 15) is 15.2 Å². The van der Waals surface area contributed by atoms with Crippen molar-refractivity contribution in [2.24, 2.45) is 0 Å². The second-order valence-electron chi connectivity index (χ2n) is 4.33. The third-order valence-corrected chi connectivity index (χ3v) is 2.91. The smallest absolute Gasteiger partial charge is 0.276 e. The van der Waals surface area contributed by atoms with E-state index in [0.29, 0.717) is 16.9 Å². The Hall–Kier alpha value is -2.47. The van der Waals surface area contributed by atoms with Crippen molar-refractivity contribution in [1.82, 2.24) is 4.98 Å². The molecule has 2 rings (SSSR count). The summed E-state index contributed by atoms with van der Waals surface area (Å²) in [5.41, 5.74) is 0.926. The number of nitro groups is 1. The average Bonchev–Trinajstić information content (AvgIpc) is 2.41. The van der Waals surface area contributed by atoms with Crippen LogP contribution in [0, 0.1) is 17.0 Å². The number of ether oxygens (including phenoxy) is 1. The van der Waals surface area contributed by atoms with Gasteiger partial charge in [0.1, 0.15) is 5.75 Å². The second-order valence-corrected chi connectivity index (χ2v) is 4.33. The highest BCUT2D eigenvalue weighted by atomic mass is 16.6. The van der Waals surface area contributed by atoms with E-state index in [-0.39, 0.29) is 11.6 Å². The van der Waals surface area contributed by atoms with Crippen LogP contribution >= 0.6 is 0 Å². The molecule has 0 aliphatic rings. The maximum atomic E-state index is 10.9. The number of aliphatic hydroxyl groups is 1. The molecule has 0 bridgehead atoms. The fourth-order valence-corrected chi connectivity index (χ4v) is 1.82. The molecule has 0 aliphatic carbocycles. The van der Waals surface area contributed by atoms with E-state index < -0.39 is 11.0 Å². The fourth-order valence-electron chi connectivity index (χ4n) is 1.82. The number of pyridine rings is 1. The highest BCUT2D eigenvalue weighted by molar-refractivity contribution is 5.49. The molecule has 6 nitrogen and oxygen atoms in total. The molecule has 20 heavy (non-hydrogen) atoms. The van der Waals surface area contributed by atoms with E-state index >= 15 is 0 Å². The first kappa shape index (κ1) is 14.0. The molecular weight excluding hydrogens is 260 g/mol. The number of benzene rings is 1. The Morgan fingerprint density at radius 2 is 2.10 bits per heavy atom. The van der Waals surface area contributed by atoms with E-state index in [0.717, 1.165) is 0 Å². The van der Waals surface area contributed by atoms with Gasteiger partial charge in [-0.25, -0.2) is 4.98 Å². The molecule has 1 atom stereocenters. The second kappa shape index (κ2) is 5.66. The van der Waals surface area contributed by atoms with Gasteiger partial charge in [-0.15, -0.1) is 0 Å².